The van der Waals surface area contributed by atoms with Crippen molar-refractivity contribution < 1.29 is 0 Å². The van der Waals surface area contributed by atoms with Gasteiger partial charge in [-0.2, -0.15) is 0 Å². The summed E-state index contributed by atoms with van der Waals surface area (Å²) in [6, 6.07) is 4.56. The Balaban J connectivity index is 1.68. The molecule has 0 bridgehead atoms. The SMILES string of the molecule is NC(CCc1ccncc1)CC1CCCCC1. The average Bonchev–Trinajstić information content (AvgIpc) is 2.39. The third-order valence-corrected chi connectivity index (χ3v) is 3.91. The van der Waals surface area contributed by atoms with E-state index in [2.05, 4.69) is 17.1 Å². The molecule has 1 heterocycles. The summed E-state index contributed by atoms with van der Waals surface area (Å²) in [5, 5.41) is 0. The van der Waals surface area contributed by atoms with E-state index in [0.717, 1.165) is 18.8 Å². The molecule has 1 aromatic rings. The highest BCUT2D eigenvalue weighted by Gasteiger charge is 2.16. The van der Waals surface area contributed by atoms with Crippen LogP contribution >= 0.6 is 0 Å². The van der Waals surface area contributed by atoms with Gasteiger partial charge in [0.15, 0.2) is 0 Å². The van der Waals surface area contributed by atoms with Crippen LogP contribution in [0, 0.1) is 5.92 Å². The lowest BCUT2D eigenvalue weighted by atomic mass is 9.84. The second kappa shape index (κ2) is 6.75. The van der Waals surface area contributed by atoms with E-state index in [1.54, 1.807) is 0 Å². The quantitative estimate of drug-likeness (QED) is 0.846. The van der Waals surface area contributed by atoms with Crippen molar-refractivity contribution in [3.63, 3.8) is 0 Å². The molecule has 2 heteroatoms. The lowest BCUT2D eigenvalue weighted by molar-refractivity contribution is 0.312. The second-order valence-electron chi connectivity index (χ2n) is 5.39. The summed E-state index contributed by atoms with van der Waals surface area (Å²) in [6.07, 6.45) is 14.2. The highest BCUT2D eigenvalue weighted by atomic mass is 14.6. The van der Waals surface area contributed by atoms with Crippen LogP contribution < -0.4 is 5.73 Å². The predicted octanol–water partition coefficient (Wildman–Crippen LogP) is 3.31. The van der Waals surface area contributed by atoms with E-state index in [1.165, 1.54) is 44.1 Å². The molecule has 17 heavy (non-hydrogen) atoms. The van der Waals surface area contributed by atoms with Crippen molar-refractivity contribution in [3.8, 4) is 0 Å². The summed E-state index contributed by atoms with van der Waals surface area (Å²) in [5.74, 6) is 0.899. The molecule has 2 rings (SSSR count). The normalized spacial score (nSPS) is 19.1. The Morgan fingerprint density at radius 2 is 1.88 bits per heavy atom. The van der Waals surface area contributed by atoms with Crippen LogP contribution in [-0.4, -0.2) is 11.0 Å². The van der Waals surface area contributed by atoms with Gasteiger partial charge < -0.3 is 5.73 Å². The van der Waals surface area contributed by atoms with Crippen molar-refractivity contribution in [2.45, 2.75) is 57.4 Å². The summed E-state index contributed by atoms with van der Waals surface area (Å²) in [6.45, 7) is 0. The predicted molar refractivity (Wildman–Crippen MR) is 71.7 cm³/mol. The molecule has 0 radical (unpaired) electrons. The molecule has 1 fully saturated rings. The van der Waals surface area contributed by atoms with Crippen LogP contribution in [0.15, 0.2) is 24.5 Å². The minimum absolute atomic E-state index is 0.381. The Hall–Kier alpha value is -0.890. The smallest absolute Gasteiger partial charge is 0.0270 e. The maximum Gasteiger partial charge on any atom is 0.0270 e. The first-order valence-corrected chi connectivity index (χ1v) is 6.99. The molecular formula is C15H24N2. The number of rotatable bonds is 5. The van der Waals surface area contributed by atoms with Gasteiger partial charge in [0.2, 0.25) is 0 Å². The average molecular weight is 232 g/mol. The minimum Gasteiger partial charge on any atom is -0.328 e. The van der Waals surface area contributed by atoms with Crippen molar-refractivity contribution in [3.05, 3.63) is 30.1 Å². The number of nitrogens with two attached hydrogens (primary N) is 1. The number of pyridine rings is 1. The van der Waals surface area contributed by atoms with Gasteiger partial charge in [-0.15, -0.1) is 0 Å². The summed E-state index contributed by atoms with van der Waals surface area (Å²) in [4.78, 5) is 4.03. The van der Waals surface area contributed by atoms with Crippen LogP contribution in [0.5, 0.6) is 0 Å². The molecule has 1 aromatic heterocycles. The van der Waals surface area contributed by atoms with Crippen molar-refractivity contribution in [2.75, 3.05) is 0 Å². The van der Waals surface area contributed by atoms with Crippen molar-refractivity contribution >= 4 is 0 Å². The van der Waals surface area contributed by atoms with Gasteiger partial charge >= 0.3 is 0 Å². The zero-order valence-corrected chi connectivity index (χ0v) is 10.6. The van der Waals surface area contributed by atoms with E-state index >= 15 is 0 Å². The van der Waals surface area contributed by atoms with Crippen LogP contribution in [0.25, 0.3) is 0 Å². The summed E-state index contributed by atoms with van der Waals surface area (Å²) in [7, 11) is 0. The molecular weight excluding hydrogens is 208 g/mol. The molecule has 0 amide bonds. The van der Waals surface area contributed by atoms with Gasteiger partial charge in [-0.3, -0.25) is 4.98 Å². The van der Waals surface area contributed by atoms with Gasteiger partial charge in [-0.1, -0.05) is 32.1 Å². The minimum atomic E-state index is 0.381. The number of hydrogen-bond donors (Lipinski definition) is 1. The number of aromatic nitrogens is 1. The molecule has 2 nitrogen and oxygen atoms in total. The van der Waals surface area contributed by atoms with E-state index < -0.39 is 0 Å². The molecule has 94 valence electrons. The fourth-order valence-electron chi connectivity index (χ4n) is 2.87. The lowest BCUT2D eigenvalue weighted by Gasteiger charge is -2.24. The zero-order chi connectivity index (χ0) is 11.9. The Kier molecular flexibility index (Phi) is 4.99. The summed E-state index contributed by atoms with van der Waals surface area (Å²) in [5.41, 5.74) is 7.60. The highest BCUT2D eigenvalue weighted by molar-refractivity contribution is 5.09. The molecule has 1 atom stereocenters. The molecule has 1 saturated carbocycles. The van der Waals surface area contributed by atoms with E-state index in [-0.39, 0.29) is 0 Å². The third-order valence-electron chi connectivity index (χ3n) is 3.91. The van der Waals surface area contributed by atoms with Gasteiger partial charge in [-0.05, 0) is 42.9 Å². The fourth-order valence-corrected chi connectivity index (χ4v) is 2.87. The van der Waals surface area contributed by atoms with Crippen molar-refractivity contribution in [1.82, 2.24) is 4.98 Å². The first kappa shape index (κ1) is 12.6. The molecule has 0 aliphatic heterocycles. The summed E-state index contributed by atoms with van der Waals surface area (Å²) < 4.78 is 0. The van der Waals surface area contributed by atoms with E-state index in [0.29, 0.717) is 6.04 Å². The Morgan fingerprint density at radius 3 is 2.59 bits per heavy atom. The first-order chi connectivity index (χ1) is 8.34. The van der Waals surface area contributed by atoms with Crippen LogP contribution in [0.1, 0.15) is 50.5 Å². The largest absolute Gasteiger partial charge is 0.328 e. The Morgan fingerprint density at radius 1 is 1.18 bits per heavy atom. The topological polar surface area (TPSA) is 38.9 Å². The maximum absolute atomic E-state index is 6.24. The van der Waals surface area contributed by atoms with Crippen LogP contribution in [0.2, 0.25) is 0 Å². The molecule has 2 N–H and O–H groups in total. The van der Waals surface area contributed by atoms with E-state index in [4.69, 9.17) is 5.73 Å². The molecule has 0 saturated heterocycles. The molecule has 0 aromatic carbocycles. The van der Waals surface area contributed by atoms with E-state index in [9.17, 15) is 0 Å². The first-order valence-electron chi connectivity index (χ1n) is 6.99. The van der Waals surface area contributed by atoms with Crippen LogP contribution in [0.3, 0.4) is 0 Å². The Bertz CT molecular complexity index is 304. The number of aryl methyl sites for hydroxylation is 1. The molecule has 1 aliphatic rings. The van der Waals surface area contributed by atoms with Crippen molar-refractivity contribution in [1.29, 1.82) is 0 Å². The molecule has 1 unspecified atom stereocenters. The highest BCUT2D eigenvalue weighted by Crippen LogP contribution is 2.27. The van der Waals surface area contributed by atoms with E-state index in [1.807, 2.05) is 12.4 Å². The van der Waals surface area contributed by atoms with Gasteiger partial charge in [0.05, 0.1) is 0 Å². The summed E-state index contributed by atoms with van der Waals surface area (Å²) >= 11 is 0. The van der Waals surface area contributed by atoms with Gasteiger partial charge in [0.25, 0.3) is 0 Å². The number of hydrogen-bond acceptors (Lipinski definition) is 2. The van der Waals surface area contributed by atoms with Crippen molar-refractivity contribution in [2.24, 2.45) is 11.7 Å². The fraction of sp³-hybridized carbons (Fsp3) is 0.667. The standard InChI is InChI=1S/C15H24N2/c16-15(12-14-4-2-1-3-5-14)7-6-13-8-10-17-11-9-13/h8-11,14-15H,1-7,12,16H2. The zero-order valence-electron chi connectivity index (χ0n) is 10.6. The molecule has 0 spiro atoms. The Labute approximate surface area is 105 Å². The second-order valence-corrected chi connectivity index (χ2v) is 5.39. The maximum atomic E-state index is 6.24. The van der Waals surface area contributed by atoms with Crippen LogP contribution in [-0.2, 0) is 6.42 Å². The molecule has 1 aliphatic carbocycles. The van der Waals surface area contributed by atoms with Gasteiger partial charge in [0, 0.05) is 18.4 Å². The lowest BCUT2D eigenvalue weighted by Crippen LogP contribution is -2.25. The van der Waals surface area contributed by atoms with Crippen LogP contribution in [0.4, 0.5) is 0 Å². The third kappa shape index (κ3) is 4.47. The van der Waals surface area contributed by atoms with Gasteiger partial charge in [-0.25, -0.2) is 0 Å². The monoisotopic (exact) mass is 232 g/mol. The number of nitrogens with zero attached hydrogens (tertiary/aromatic N) is 1. The van der Waals surface area contributed by atoms with Gasteiger partial charge in [0.1, 0.15) is 0 Å².